The second-order valence-corrected chi connectivity index (χ2v) is 6.02. The fourth-order valence-electron chi connectivity index (χ4n) is 2.96. The third-order valence-corrected chi connectivity index (χ3v) is 4.31. The van der Waals surface area contributed by atoms with Gasteiger partial charge in [-0.15, -0.1) is 5.10 Å². The van der Waals surface area contributed by atoms with Gasteiger partial charge in [0, 0.05) is 11.3 Å². The van der Waals surface area contributed by atoms with E-state index < -0.39 is 0 Å². The Balaban J connectivity index is 1.99. The first-order chi connectivity index (χ1) is 9.65. The molecular formula is C14H18ClN5. The molecule has 2 N–H and O–H groups in total. The van der Waals surface area contributed by atoms with Crippen LogP contribution in [0.2, 0.25) is 5.02 Å². The summed E-state index contributed by atoms with van der Waals surface area (Å²) in [5.41, 5.74) is 7.31. The molecule has 0 spiro atoms. The molecule has 3 rings (SSSR count). The van der Waals surface area contributed by atoms with Crippen molar-refractivity contribution in [2.24, 2.45) is 5.92 Å². The third kappa shape index (κ3) is 2.50. The topological polar surface area (TPSA) is 69.6 Å². The molecule has 2 unspecified atom stereocenters. The van der Waals surface area contributed by atoms with Crippen LogP contribution in [0, 0.1) is 5.92 Å². The maximum atomic E-state index is 6.26. The van der Waals surface area contributed by atoms with E-state index in [9.17, 15) is 0 Å². The molecule has 0 aliphatic heterocycles. The van der Waals surface area contributed by atoms with Crippen LogP contribution in [-0.2, 0) is 0 Å². The molecule has 1 saturated carbocycles. The number of nitrogens with zero attached hydrogens (tertiary/aromatic N) is 4. The second-order valence-electron chi connectivity index (χ2n) is 5.61. The smallest absolute Gasteiger partial charge is 0.183 e. The van der Waals surface area contributed by atoms with Gasteiger partial charge in [-0.3, -0.25) is 0 Å². The molecule has 0 radical (unpaired) electrons. The summed E-state index contributed by atoms with van der Waals surface area (Å²) < 4.78 is 1.91. The minimum atomic E-state index is 0.348. The maximum absolute atomic E-state index is 6.26. The first kappa shape index (κ1) is 13.4. The summed E-state index contributed by atoms with van der Waals surface area (Å²) in [6.07, 6.45) is 4.73. The number of tetrazole rings is 1. The van der Waals surface area contributed by atoms with E-state index in [0.717, 1.165) is 18.4 Å². The molecule has 106 valence electrons. The molecule has 2 aromatic rings. The summed E-state index contributed by atoms with van der Waals surface area (Å²) in [5.74, 6) is 1.42. The Morgan fingerprint density at radius 1 is 1.35 bits per heavy atom. The fourth-order valence-corrected chi connectivity index (χ4v) is 3.16. The van der Waals surface area contributed by atoms with Crippen molar-refractivity contribution >= 4 is 17.3 Å². The average molecular weight is 292 g/mol. The van der Waals surface area contributed by atoms with Crippen LogP contribution in [0.1, 0.15) is 38.6 Å². The SMILES string of the molecule is CC1CCCC(n2nnnc2-c2cc(N)ccc2Cl)C1. The van der Waals surface area contributed by atoms with Crippen LogP contribution in [0.4, 0.5) is 5.69 Å². The van der Waals surface area contributed by atoms with Crippen LogP contribution in [-0.4, -0.2) is 20.2 Å². The van der Waals surface area contributed by atoms with Gasteiger partial charge in [0.25, 0.3) is 0 Å². The molecule has 2 atom stereocenters. The minimum Gasteiger partial charge on any atom is -0.399 e. The van der Waals surface area contributed by atoms with Gasteiger partial charge in [0.1, 0.15) is 0 Å². The number of hydrogen-bond donors (Lipinski definition) is 1. The van der Waals surface area contributed by atoms with Crippen LogP contribution < -0.4 is 5.73 Å². The molecule has 20 heavy (non-hydrogen) atoms. The summed E-state index contributed by atoms with van der Waals surface area (Å²) in [7, 11) is 0. The van der Waals surface area contributed by atoms with E-state index in [0.29, 0.717) is 28.5 Å². The first-order valence-corrected chi connectivity index (χ1v) is 7.36. The van der Waals surface area contributed by atoms with Crippen molar-refractivity contribution in [3.05, 3.63) is 23.2 Å². The lowest BCUT2D eigenvalue weighted by Crippen LogP contribution is -2.19. The van der Waals surface area contributed by atoms with Crippen molar-refractivity contribution in [1.29, 1.82) is 0 Å². The van der Waals surface area contributed by atoms with E-state index >= 15 is 0 Å². The molecule has 0 bridgehead atoms. The molecule has 5 nitrogen and oxygen atoms in total. The lowest BCUT2D eigenvalue weighted by Gasteiger charge is -2.27. The summed E-state index contributed by atoms with van der Waals surface area (Å²) in [4.78, 5) is 0. The van der Waals surface area contributed by atoms with E-state index in [1.807, 2.05) is 10.7 Å². The number of nitrogen functional groups attached to an aromatic ring is 1. The molecule has 1 heterocycles. The van der Waals surface area contributed by atoms with Crippen LogP contribution in [0.15, 0.2) is 18.2 Å². The number of aromatic nitrogens is 4. The standard InChI is InChI=1S/C14H18ClN5/c1-9-3-2-4-11(7-9)20-14(17-18-19-20)12-8-10(16)5-6-13(12)15/h5-6,8-9,11H,2-4,7,16H2,1H3. The van der Waals surface area contributed by atoms with Gasteiger partial charge >= 0.3 is 0 Å². The van der Waals surface area contributed by atoms with Gasteiger partial charge in [0.05, 0.1) is 11.1 Å². The second kappa shape index (κ2) is 5.40. The van der Waals surface area contributed by atoms with Crippen molar-refractivity contribution in [2.75, 3.05) is 5.73 Å². The molecule has 1 aliphatic rings. The highest BCUT2D eigenvalue weighted by atomic mass is 35.5. The lowest BCUT2D eigenvalue weighted by molar-refractivity contribution is 0.265. The van der Waals surface area contributed by atoms with Gasteiger partial charge in [-0.2, -0.15) is 0 Å². The van der Waals surface area contributed by atoms with E-state index in [1.54, 1.807) is 12.1 Å². The maximum Gasteiger partial charge on any atom is 0.183 e. The number of halogens is 1. The summed E-state index contributed by atoms with van der Waals surface area (Å²) >= 11 is 6.26. The van der Waals surface area contributed by atoms with E-state index in [4.69, 9.17) is 17.3 Å². The molecule has 1 aromatic heterocycles. The monoisotopic (exact) mass is 291 g/mol. The average Bonchev–Trinajstić information content (AvgIpc) is 2.90. The van der Waals surface area contributed by atoms with Crippen molar-refractivity contribution in [3.8, 4) is 11.4 Å². The summed E-state index contributed by atoms with van der Waals surface area (Å²) in [5, 5.41) is 12.8. The number of nitrogens with two attached hydrogens (primary N) is 1. The quantitative estimate of drug-likeness (QED) is 0.862. The Labute approximate surface area is 123 Å². The van der Waals surface area contributed by atoms with Crippen molar-refractivity contribution in [3.63, 3.8) is 0 Å². The zero-order valence-corrected chi connectivity index (χ0v) is 12.2. The predicted octanol–water partition coefficient (Wildman–Crippen LogP) is 3.33. The molecule has 0 saturated heterocycles. The third-order valence-electron chi connectivity index (χ3n) is 3.98. The molecule has 1 fully saturated rings. The van der Waals surface area contributed by atoms with E-state index in [1.165, 1.54) is 12.8 Å². The largest absolute Gasteiger partial charge is 0.399 e. The number of anilines is 1. The van der Waals surface area contributed by atoms with Gasteiger partial charge < -0.3 is 5.73 Å². The molecule has 0 amide bonds. The number of rotatable bonds is 2. The first-order valence-electron chi connectivity index (χ1n) is 6.98. The van der Waals surface area contributed by atoms with Crippen LogP contribution >= 0.6 is 11.6 Å². The van der Waals surface area contributed by atoms with E-state index in [-0.39, 0.29) is 0 Å². The summed E-state index contributed by atoms with van der Waals surface area (Å²) in [6, 6.07) is 5.75. The van der Waals surface area contributed by atoms with Crippen molar-refractivity contribution in [2.45, 2.75) is 38.6 Å². The summed E-state index contributed by atoms with van der Waals surface area (Å²) in [6.45, 7) is 2.28. The Morgan fingerprint density at radius 3 is 3.00 bits per heavy atom. The number of benzene rings is 1. The van der Waals surface area contributed by atoms with Crippen molar-refractivity contribution in [1.82, 2.24) is 20.2 Å². The highest BCUT2D eigenvalue weighted by Gasteiger charge is 2.25. The Bertz CT molecular complexity index is 609. The minimum absolute atomic E-state index is 0.348. The highest BCUT2D eigenvalue weighted by Crippen LogP contribution is 2.35. The Morgan fingerprint density at radius 2 is 2.20 bits per heavy atom. The zero-order valence-electron chi connectivity index (χ0n) is 11.5. The van der Waals surface area contributed by atoms with Crippen molar-refractivity contribution < 1.29 is 0 Å². The van der Waals surface area contributed by atoms with Gasteiger partial charge in [0.2, 0.25) is 0 Å². The van der Waals surface area contributed by atoms with Crippen LogP contribution in [0.25, 0.3) is 11.4 Å². The van der Waals surface area contributed by atoms with Gasteiger partial charge in [-0.1, -0.05) is 31.4 Å². The lowest BCUT2D eigenvalue weighted by atomic mass is 9.87. The fraction of sp³-hybridized carbons (Fsp3) is 0.500. The zero-order chi connectivity index (χ0) is 14.1. The highest BCUT2D eigenvalue weighted by molar-refractivity contribution is 6.33. The Kier molecular flexibility index (Phi) is 3.61. The molecule has 1 aliphatic carbocycles. The molecule has 6 heteroatoms. The number of hydrogen-bond acceptors (Lipinski definition) is 4. The van der Waals surface area contributed by atoms with Gasteiger partial charge in [-0.25, -0.2) is 4.68 Å². The van der Waals surface area contributed by atoms with E-state index in [2.05, 4.69) is 22.4 Å². The Hall–Kier alpha value is -1.62. The molecule has 1 aromatic carbocycles. The molecular weight excluding hydrogens is 274 g/mol. The van der Waals surface area contributed by atoms with Gasteiger partial charge in [0.15, 0.2) is 5.82 Å². The normalized spacial score (nSPS) is 22.9. The van der Waals surface area contributed by atoms with Gasteiger partial charge in [-0.05, 0) is 47.4 Å². The van der Waals surface area contributed by atoms with Crippen LogP contribution in [0.5, 0.6) is 0 Å². The predicted molar refractivity (Wildman–Crippen MR) is 79.3 cm³/mol. The van der Waals surface area contributed by atoms with Crippen LogP contribution in [0.3, 0.4) is 0 Å².